The summed E-state index contributed by atoms with van der Waals surface area (Å²) in [5, 5.41) is 47.2. The van der Waals surface area contributed by atoms with Crippen LogP contribution in [0.15, 0.2) is 24.3 Å². The van der Waals surface area contributed by atoms with Gasteiger partial charge in [-0.2, -0.15) is 0 Å². The third-order valence-corrected chi connectivity index (χ3v) is 6.95. The third kappa shape index (κ3) is 1.55. The fourth-order valence-corrected chi connectivity index (χ4v) is 5.70. The molecule has 2 aliphatic heterocycles. The normalized spacial score (nSPS) is 15.1. The van der Waals surface area contributed by atoms with Gasteiger partial charge in [0.2, 0.25) is 0 Å². The number of hydrogen-bond acceptors (Lipinski definition) is 6. The molecule has 0 spiro atoms. The Morgan fingerprint density at radius 3 is 1.28 bits per heavy atom. The number of anilines is 2. The molecule has 0 saturated carbocycles. The van der Waals surface area contributed by atoms with Crippen molar-refractivity contribution >= 4 is 66.3 Å². The van der Waals surface area contributed by atoms with Gasteiger partial charge in [-0.3, -0.25) is 9.59 Å². The van der Waals surface area contributed by atoms with Crippen LogP contribution in [-0.4, -0.2) is 46.3 Å². The van der Waals surface area contributed by atoms with Crippen LogP contribution in [0.25, 0.3) is 43.1 Å². The van der Waals surface area contributed by atoms with Crippen molar-refractivity contribution in [3.05, 3.63) is 35.4 Å². The first-order chi connectivity index (χ1) is 15.2. The number of phenolic OH excluding ortho intramolecular Hbond substituents is 4. The zero-order valence-electron chi connectivity index (χ0n) is 16.8. The summed E-state index contributed by atoms with van der Waals surface area (Å²) in [7, 11) is 3.08. The molecular weight excluding hydrogens is 412 g/mol. The van der Waals surface area contributed by atoms with E-state index in [1.165, 1.54) is 34.1 Å². The zero-order valence-corrected chi connectivity index (χ0v) is 16.8. The number of fused-ring (bicyclic) bond motifs is 2. The first-order valence-corrected chi connectivity index (χ1v) is 9.90. The Balaban J connectivity index is 1.91. The van der Waals surface area contributed by atoms with Crippen LogP contribution in [-0.2, 0) is 0 Å². The minimum absolute atomic E-state index is 0.138. The fraction of sp³-hybridized carbons (Fsp3) is 0.0833. The summed E-state index contributed by atoms with van der Waals surface area (Å²) >= 11 is 0. The summed E-state index contributed by atoms with van der Waals surface area (Å²) in [5.41, 5.74) is 1.13. The number of hydrogen-bond donors (Lipinski definition) is 4. The van der Waals surface area contributed by atoms with Crippen LogP contribution in [0.5, 0.6) is 23.0 Å². The number of benzene rings is 5. The lowest BCUT2D eigenvalue weighted by molar-refractivity contribution is 0.0990. The Kier molecular flexibility index (Phi) is 2.63. The maximum Gasteiger partial charge on any atom is 0.258 e. The zero-order chi connectivity index (χ0) is 22.4. The molecule has 156 valence electrons. The third-order valence-electron chi connectivity index (χ3n) is 6.95. The molecule has 5 aromatic carbocycles. The summed E-state index contributed by atoms with van der Waals surface area (Å²) in [6.07, 6.45) is 0. The highest BCUT2D eigenvalue weighted by atomic mass is 16.3. The minimum atomic E-state index is -0.367. The highest BCUT2D eigenvalue weighted by molar-refractivity contribution is 6.44. The van der Waals surface area contributed by atoms with E-state index in [2.05, 4.69) is 0 Å². The predicted molar refractivity (Wildman–Crippen MR) is 120 cm³/mol. The van der Waals surface area contributed by atoms with Gasteiger partial charge in [-0.1, -0.05) is 0 Å². The van der Waals surface area contributed by atoms with Gasteiger partial charge in [0, 0.05) is 46.4 Å². The maximum atomic E-state index is 12.8. The lowest BCUT2D eigenvalue weighted by atomic mass is 9.86. The topological polar surface area (TPSA) is 122 Å². The average Bonchev–Trinajstić information content (AvgIpc) is 3.15. The Labute approximate surface area is 179 Å². The van der Waals surface area contributed by atoms with E-state index in [1.54, 1.807) is 14.1 Å². The van der Waals surface area contributed by atoms with Crippen LogP contribution >= 0.6 is 0 Å². The summed E-state index contributed by atoms with van der Waals surface area (Å²) < 4.78 is 0. The van der Waals surface area contributed by atoms with Crippen molar-refractivity contribution in [2.75, 3.05) is 23.9 Å². The van der Waals surface area contributed by atoms with Crippen LogP contribution in [0.2, 0.25) is 0 Å². The van der Waals surface area contributed by atoms with Crippen molar-refractivity contribution in [2.45, 2.75) is 0 Å². The van der Waals surface area contributed by atoms with Crippen molar-refractivity contribution in [3.8, 4) is 23.0 Å². The van der Waals surface area contributed by atoms with Gasteiger partial charge in [-0.15, -0.1) is 0 Å². The van der Waals surface area contributed by atoms with Crippen LogP contribution < -0.4 is 9.80 Å². The molecule has 8 nitrogen and oxygen atoms in total. The molecule has 0 atom stereocenters. The summed E-state index contributed by atoms with van der Waals surface area (Å²) in [6, 6.07) is 5.65. The van der Waals surface area contributed by atoms with Crippen LogP contribution in [0.1, 0.15) is 20.7 Å². The number of carbonyl (C=O) groups is 2. The molecule has 0 bridgehead atoms. The van der Waals surface area contributed by atoms with Gasteiger partial charge in [-0.05, 0) is 35.0 Å². The van der Waals surface area contributed by atoms with Crippen molar-refractivity contribution in [3.63, 3.8) is 0 Å². The van der Waals surface area contributed by atoms with E-state index in [-0.39, 0.29) is 45.9 Å². The van der Waals surface area contributed by atoms with E-state index in [1.807, 2.05) is 0 Å². The molecule has 4 N–H and O–H groups in total. The molecule has 32 heavy (non-hydrogen) atoms. The molecule has 8 heteroatoms. The molecule has 0 aliphatic carbocycles. The number of aromatic hydroxyl groups is 4. The quantitative estimate of drug-likeness (QED) is 0.221. The Hall–Kier alpha value is -4.46. The van der Waals surface area contributed by atoms with E-state index in [0.717, 1.165) is 0 Å². The molecule has 0 unspecified atom stereocenters. The van der Waals surface area contributed by atoms with E-state index in [4.69, 9.17) is 0 Å². The fourth-order valence-electron chi connectivity index (χ4n) is 5.70. The molecule has 2 amide bonds. The highest BCUT2D eigenvalue weighted by Gasteiger charge is 2.37. The van der Waals surface area contributed by atoms with Gasteiger partial charge >= 0.3 is 0 Å². The number of nitrogens with zero attached hydrogens (tertiary/aromatic N) is 2. The first kappa shape index (κ1) is 17.2. The Morgan fingerprint density at radius 1 is 0.531 bits per heavy atom. The molecule has 0 radical (unpaired) electrons. The van der Waals surface area contributed by atoms with Crippen molar-refractivity contribution in [1.82, 2.24) is 0 Å². The maximum absolute atomic E-state index is 12.8. The van der Waals surface area contributed by atoms with Crippen molar-refractivity contribution in [2.24, 2.45) is 0 Å². The van der Waals surface area contributed by atoms with E-state index in [9.17, 15) is 30.0 Å². The SMILES string of the molecule is CN1C(=O)c2cc(O)c3c4cc(O)c5c6c(cc(O)c(c7cc(O)c1c2c73)c64)C(=O)N5C. The average molecular weight is 426 g/mol. The standard InChI is InChI=1S/C24H14N2O6/c1-25-21-13(29)3-7-16-12(28)6-10-20-18(16)8(4-14(30)22(20)26(2)24(10)32)15-11(27)5-9(23(25)31)19(21)17(7)15/h3-6,27-30H,1-2H3. The Morgan fingerprint density at radius 2 is 0.906 bits per heavy atom. The minimum Gasteiger partial charge on any atom is -0.507 e. The smallest absolute Gasteiger partial charge is 0.258 e. The number of rotatable bonds is 0. The van der Waals surface area contributed by atoms with E-state index in [0.29, 0.717) is 54.5 Å². The van der Waals surface area contributed by atoms with E-state index < -0.39 is 0 Å². The second-order valence-electron chi connectivity index (χ2n) is 8.45. The molecule has 0 aromatic heterocycles. The van der Waals surface area contributed by atoms with Gasteiger partial charge in [0.15, 0.2) is 0 Å². The Bertz CT molecular complexity index is 1660. The van der Waals surface area contributed by atoms with Crippen molar-refractivity contribution in [1.29, 1.82) is 0 Å². The van der Waals surface area contributed by atoms with Gasteiger partial charge in [0.1, 0.15) is 23.0 Å². The lowest BCUT2D eigenvalue weighted by Crippen LogP contribution is -2.20. The second kappa shape index (κ2) is 4.88. The lowest BCUT2D eigenvalue weighted by Gasteiger charge is -2.19. The van der Waals surface area contributed by atoms with Gasteiger partial charge in [0.25, 0.3) is 11.8 Å². The summed E-state index contributed by atoms with van der Waals surface area (Å²) in [5.74, 6) is -1.35. The highest BCUT2D eigenvalue weighted by Crippen LogP contribution is 2.57. The van der Waals surface area contributed by atoms with Gasteiger partial charge in [-0.25, -0.2) is 0 Å². The molecule has 2 heterocycles. The van der Waals surface area contributed by atoms with Gasteiger partial charge in [0.05, 0.1) is 22.5 Å². The van der Waals surface area contributed by atoms with E-state index >= 15 is 0 Å². The first-order valence-electron chi connectivity index (χ1n) is 9.90. The molecule has 0 fully saturated rings. The molecule has 2 aliphatic rings. The number of phenols is 4. The predicted octanol–water partition coefficient (Wildman–Crippen LogP) is 3.74. The summed E-state index contributed by atoms with van der Waals surface area (Å²) in [6.45, 7) is 0. The second-order valence-corrected chi connectivity index (χ2v) is 8.45. The number of carbonyl (C=O) groups excluding carboxylic acids is 2. The monoisotopic (exact) mass is 426 g/mol. The molecule has 0 saturated heterocycles. The van der Waals surface area contributed by atoms with Gasteiger partial charge < -0.3 is 30.2 Å². The van der Waals surface area contributed by atoms with Crippen LogP contribution in [0, 0.1) is 0 Å². The molecule has 7 rings (SSSR count). The summed E-state index contributed by atoms with van der Waals surface area (Å²) in [4.78, 5) is 28.3. The van der Waals surface area contributed by atoms with Crippen molar-refractivity contribution < 1.29 is 30.0 Å². The number of amides is 2. The largest absolute Gasteiger partial charge is 0.507 e. The molecular formula is C24H14N2O6. The van der Waals surface area contributed by atoms with Crippen LogP contribution in [0.4, 0.5) is 11.4 Å². The molecule has 5 aromatic rings. The van der Waals surface area contributed by atoms with Crippen LogP contribution in [0.3, 0.4) is 0 Å².